The van der Waals surface area contributed by atoms with Gasteiger partial charge in [0.1, 0.15) is 5.82 Å². The number of methoxy groups -OCH3 is 1. The summed E-state index contributed by atoms with van der Waals surface area (Å²) in [5.74, 6) is 0.623. The third-order valence-electron chi connectivity index (χ3n) is 3.11. The van der Waals surface area contributed by atoms with Gasteiger partial charge in [0.2, 0.25) is 0 Å². The van der Waals surface area contributed by atoms with Crippen LogP contribution < -0.4 is 10.6 Å². The molecule has 0 unspecified atom stereocenters. The first kappa shape index (κ1) is 15.3. The normalized spacial score (nSPS) is 10.6. The molecule has 0 aliphatic rings. The zero-order chi connectivity index (χ0) is 15.1. The van der Waals surface area contributed by atoms with Crippen LogP contribution >= 0.6 is 0 Å². The Morgan fingerprint density at radius 3 is 2.86 bits per heavy atom. The predicted molar refractivity (Wildman–Crippen MR) is 84.7 cm³/mol. The lowest BCUT2D eigenvalue weighted by Gasteiger charge is -2.11. The Morgan fingerprint density at radius 2 is 2.10 bits per heavy atom. The standard InChI is InChI=1S/C16H21N3O2/c1-3-8-17-15-11-13(16(20)18-9-10-21-2)12-6-4-5-7-14(12)19-15/h4-7,11H,3,8-10H2,1-2H3,(H,17,19)(H,18,20). The molecule has 112 valence electrons. The van der Waals surface area contributed by atoms with E-state index in [1.807, 2.05) is 24.3 Å². The van der Waals surface area contributed by atoms with Crippen LogP contribution in [0, 0.1) is 0 Å². The first-order chi connectivity index (χ1) is 10.3. The minimum absolute atomic E-state index is 0.106. The number of nitrogens with one attached hydrogen (secondary N) is 2. The molecule has 1 aromatic heterocycles. The van der Waals surface area contributed by atoms with E-state index in [0.717, 1.165) is 29.7 Å². The number of rotatable bonds is 7. The average molecular weight is 287 g/mol. The summed E-state index contributed by atoms with van der Waals surface area (Å²) in [6, 6.07) is 9.47. The number of benzene rings is 1. The lowest BCUT2D eigenvalue weighted by Crippen LogP contribution is -2.27. The van der Waals surface area contributed by atoms with E-state index in [4.69, 9.17) is 4.74 Å². The number of nitrogens with zero attached hydrogens (tertiary/aromatic N) is 1. The molecule has 0 saturated carbocycles. The largest absolute Gasteiger partial charge is 0.383 e. The molecule has 5 nitrogen and oxygen atoms in total. The maximum absolute atomic E-state index is 12.3. The number of anilines is 1. The van der Waals surface area contributed by atoms with Gasteiger partial charge in [0, 0.05) is 25.6 Å². The van der Waals surface area contributed by atoms with Crippen molar-refractivity contribution in [2.75, 3.05) is 32.1 Å². The number of amides is 1. The predicted octanol–water partition coefficient (Wildman–Crippen LogP) is 2.43. The monoisotopic (exact) mass is 287 g/mol. The van der Waals surface area contributed by atoms with Gasteiger partial charge in [-0.1, -0.05) is 25.1 Å². The summed E-state index contributed by atoms with van der Waals surface area (Å²) >= 11 is 0. The van der Waals surface area contributed by atoms with Crippen molar-refractivity contribution in [1.29, 1.82) is 0 Å². The molecule has 0 spiro atoms. The third kappa shape index (κ3) is 3.92. The number of carbonyl (C=O) groups is 1. The average Bonchev–Trinajstić information content (AvgIpc) is 2.52. The molecular weight excluding hydrogens is 266 g/mol. The van der Waals surface area contributed by atoms with E-state index in [1.165, 1.54) is 0 Å². The van der Waals surface area contributed by atoms with Crippen molar-refractivity contribution in [3.8, 4) is 0 Å². The molecule has 0 aliphatic heterocycles. The van der Waals surface area contributed by atoms with E-state index in [0.29, 0.717) is 18.7 Å². The van der Waals surface area contributed by atoms with Crippen molar-refractivity contribution in [3.63, 3.8) is 0 Å². The van der Waals surface area contributed by atoms with Crippen LogP contribution in [0.25, 0.3) is 10.9 Å². The van der Waals surface area contributed by atoms with Crippen molar-refractivity contribution in [2.45, 2.75) is 13.3 Å². The molecule has 5 heteroatoms. The van der Waals surface area contributed by atoms with Gasteiger partial charge in [-0.2, -0.15) is 0 Å². The zero-order valence-corrected chi connectivity index (χ0v) is 12.5. The van der Waals surface area contributed by atoms with Crippen LogP contribution in [0.1, 0.15) is 23.7 Å². The van der Waals surface area contributed by atoms with Gasteiger partial charge < -0.3 is 15.4 Å². The van der Waals surface area contributed by atoms with Crippen LogP contribution in [0.4, 0.5) is 5.82 Å². The molecule has 0 saturated heterocycles. The van der Waals surface area contributed by atoms with E-state index >= 15 is 0 Å². The summed E-state index contributed by atoms with van der Waals surface area (Å²) in [7, 11) is 1.61. The summed E-state index contributed by atoms with van der Waals surface area (Å²) in [6.45, 7) is 3.90. The van der Waals surface area contributed by atoms with Crippen LogP contribution in [0.3, 0.4) is 0 Å². The van der Waals surface area contributed by atoms with Crippen LogP contribution in [-0.4, -0.2) is 37.7 Å². The number of aromatic nitrogens is 1. The number of fused-ring (bicyclic) bond motifs is 1. The summed E-state index contributed by atoms with van der Waals surface area (Å²) in [6.07, 6.45) is 1.00. The van der Waals surface area contributed by atoms with Gasteiger partial charge >= 0.3 is 0 Å². The Bertz CT molecular complexity index is 613. The Kier molecular flexibility index (Phi) is 5.51. The molecule has 0 fully saturated rings. The van der Waals surface area contributed by atoms with E-state index in [9.17, 15) is 4.79 Å². The molecule has 2 rings (SSSR count). The molecule has 21 heavy (non-hydrogen) atoms. The molecular formula is C16H21N3O2. The van der Waals surface area contributed by atoms with Crippen molar-refractivity contribution in [3.05, 3.63) is 35.9 Å². The minimum atomic E-state index is -0.106. The van der Waals surface area contributed by atoms with Crippen LogP contribution in [0.5, 0.6) is 0 Å². The van der Waals surface area contributed by atoms with E-state index < -0.39 is 0 Å². The number of hydrogen-bond donors (Lipinski definition) is 2. The van der Waals surface area contributed by atoms with Gasteiger partial charge in [0.25, 0.3) is 5.91 Å². The second-order valence-corrected chi connectivity index (χ2v) is 4.75. The first-order valence-corrected chi connectivity index (χ1v) is 7.17. The van der Waals surface area contributed by atoms with E-state index in [2.05, 4.69) is 22.5 Å². The van der Waals surface area contributed by atoms with Gasteiger partial charge in [-0.25, -0.2) is 4.98 Å². The van der Waals surface area contributed by atoms with Gasteiger partial charge in [0.05, 0.1) is 17.7 Å². The Labute approximate surface area is 124 Å². The van der Waals surface area contributed by atoms with Gasteiger partial charge in [-0.05, 0) is 18.6 Å². The lowest BCUT2D eigenvalue weighted by atomic mass is 10.1. The SMILES string of the molecule is CCCNc1cc(C(=O)NCCOC)c2ccccc2n1. The topological polar surface area (TPSA) is 63.2 Å². The van der Waals surface area contributed by atoms with Crippen molar-refractivity contribution in [2.24, 2.45) is 0 Å². The number of ether oxygens (including phenoxy) is 1. The van der Waals surface area contributed by atoms with E-state index in [1.54, 1.807) is 13.2 Å². The number of pyridine rings is 1. The molecule has 1 amide bonds. The summed E-state index contributed by atoms with van der Waals surface area (Å²) in [5, 5.41) is 6.95. The van der Waals surface area contributed by atoms with Gasteiger partial charge in [-0.3, -0.25) is 4.79 Å². The van der Waals surface area contributed by atoms with Crippen LogP contribution in [0.15, 0.2) is 30.3 Å². The van der Waals surface area contributed by atoms with Crippen molar-refractivity contribution in [1.82, 2.24) is 10.3 Å². The third-order valence-corrected chi connectivity index (χ3v) is 3.11. The fourth-order valence-corrected chi connectivity index (χ4v) is 2.07. The Balaban J connectivity index is 2.32. The Morgan fingerprint density at radius 1 is 1.29 bits per heavy atom. The maximum atomic E-state index is 12.3. The lowest BCUT2D eigenvalue weighted by molar-refractivity contribution is 0.0938. The maximum Gasteiger partial charge on any atom is 0.252 e. The molecule has 0 atom stereocenters. The summed E-state index contributed by atoms with van der Waals surface area (Å²) in [4.78, 5) is 16.9. The molecule has 0 bridgehead atoms. The highest BCUT2D eigenvalue weighted by molar-refractivity contribution is 6.06. The highest BCUT2D eigenvalue weighted by atomic mass is 16.5. The van der Waals surface area contributed by atoms with Crippen LogP contribution in [0.2, 0.25) is 0 Å². The second-order valence-electron chi connectivity index (χ2n) is 4.75. The minimum Gasteiger partial charge on any atom is -0.383 e. The quantitative estimate of drug-likeness (QED) is 0.768. The summed E-state index contributed by atoms with van der Waals surface area (Å²) < 4.78 is 4.95. The van der Waals surface area contributed by atoms with Gasteiger partial charge in [0.15, 0.2) is 0 Å². The highest BCUT2D eigenvalue weighted by Gasteiger charge is 2.12. The molecule has 1 heterocycles. The van der Waals surface area contributed by atoms with Crippen LogP contribution in [-0.2, 0) is 4.74 Å². The molecule has 0 aliphatic carbocycles. The smallest absolute Gasteiger partial charge is 0.252 e. The van der Waals surface area contributed by atoms with Crippen molar-refractivity contribution >= 4 is 22.6 Å². The Hall–Kier alpha value is -2.14. The van der Waals surface area contributed by atoms with Crippen molar-refractivity contribution < 1.29 is 9.53 Å². The zero-order valence-electron chi connectivity index (χ0n) is 12.5. The molecule has 2 N–H and O–H groups in total. The van der Waals surface area contributed by atoms with E-state index in [-0.39, 0.29) is 5.91 Å². The fraction of sp³-hybridized carbons (Fsp3) is 0.375. The molecule has 0 radical (unpaired) electrons. The van der Waals surface area contributed by atoms with Gasteiger partial charge in [-0.15, -0.1) is 0 Å². The highest BCUT2D eigenvalue weighted by Crippen LogP contribution is 2.20. The number of para-hydroxylation sites is 1. The molecule has 1 aromatic carbocycles. The fourth-order valence-electron chi connectivity index (χ4n) is 2.07. The number of carbonyl (C=O) groups excluding carboxylic acids is 1. The first-order valence-electron chi connectivity index (χ1n) is 7.17. The summed E-state index contributed by atoms with van der Waals surface area (Å²) in [5.41, 5.74) is 1.45. The molecule has 2 aromatic rings. The second kappa shape index (κ2) is 7.59. The number of hydrogen-bond acceptors (Lipinski definition) is 4.